The Labute approximate surface area is 135 Å². The van der Waals surface area contributed by atoms with Gasteiger partial charge in [0.2, 0.25) is 0 Å². The normalized spacial score (nSPS) is 11.1. The summed E-state index contributed by atoms with van der Waals surface area (Å²) >= 11 is 8.18. The number of hydrogen-bond donors (Lipinski definition) is 1. The third-order valence-corrected chi connectivity index (χ3v) is 4.48. The maximum absolute atomic E-state index is 11.3. The van der Waals surface area contributed by atoms with Crippen molar-refractivity contribution >= 4 is 40.2 Å². The molecule has 0 bridgehead atoms. The van der Waals surface area contributed by atoms with Gasteiger partial charge in [-0.1, -0.05) is 31.5 Å². The molecular weight excluding hydrogens is 391 g/mol. The van der Waals surface area contributed by atoms with Crippen LogP contribution >= 0.6 is 34.2 Å². The van der Waals surface area contributed by atoms with Crippen molar-refractivity contribution in [2.75, 3.05) is 0 Å². The number of carbonyl (C=O) groups is 1. The van der Waals surface area contributed by atoms with E-state index < -0.39 is 5.97 Å². The van der Waals surface area contributed by atoms with E-state index in [1.807, 2.05) is 55.5 Å². The van der Waals surface area contributed by atoms with E-state index in [4.69, 9.17) is 11.6 Å². The second kappa shape index (κ2) is 5.73. The van der Waals surface area contributed by atoms with Gasteiger partial charge in [0.1, 0.15) is 0 Å². The molecule has 0 spiro atoms. The Morgan fingerprint density at radius 3 is 2.60 bits per heavy atom. The van der Waals surface area contributed by atoms with E-state index in [2.05, 4.69) is 5.10 Å². The van der Waals surface area contributed by atoms with E-state index in [1.165, 1.54) is 0 Å². The van der Waals surface area contributed by atoms with Gasteiger partial charge in [-0.25, -0.2) is 9.48 Å². The smallest absolute Gasteiger partial charge is 0.357 e. The Bertz CT molecular complexity index is 680. The molecule has 0 saturated heterocycles. The van der Waals surface area contributed by atoms with Crippen molar-refractivity contribution in [1.29, 1.82) is 0 Å². The summed E-state index contributed by atoms with van der Waals surface area (Å²) in [7, 11) is 0. The molecule has 0 atom stereocenters. The van der Waals surface area contributed by atoms with Crippen molar-refractivity contribution in [3.63, 3.8) is 0 Å². The average Bonchev–Trinajstić information content (AvgIpc) is 2.70. The summed E-state index contributed by atoms with van der Waals surface area (Å²) in [5.41, 5.74) is 2.70. The number of aromatic carboxylic acids is 1. The second-order valence-corrected chi connectivity index (χ2v) is 6.34. The molecule has 0 amide bonds. The maximum Gasteiger partial charge on any atom is 0.357 e. The topological polar surface area (TPSA) is 55.1 Å². The number of halogens is 2. The lowest BCUT2D eigenvalue weighted by Gasteiger charge is -2.11. The third kappa shape index (κ3) is 2.69. The van der Waals surface area contributed by atoms with Gasteiger partial charge in [-0.15, -0.1) is 0 Å². The third-order valence-electron chi connectivity index (χ3n) is 3.01. The van der Waals surface area contributed by atoms with Crippen molar-refractivity contribution in [1.82, 2.24) is 9.78 Å². The van der Waals surface area contributed by atoms with Crippen molar-refractivity contribution in [2.45, 2.75) is 26.7 Å². The molecule has 2 aromatic rings. The van der Waals surface area contributed by atoms with Crippen LogP contribution < -0.4 is 0 Å². The molecule has 1 aromatic carbocycles. The van der Waals surface area contributed by atoms with Crippen LogP contribution in [-0.4, -0.2) is 20.9 Å². The number of aryl methyl sites for hydroxylation is 1. The van der Waals surface area contributed by atoms with E-state index in [-0.39, 0.29) is 11.6 Å². The number of rotatable bonds is 3. The van der Waals surface area contributed by atoms with E-state index in [9.17, 15) is 9.90 Å². The molecule has 0 aliphatic carbocycles. The molecule has 6 heteroatoms. The van der Waals surface area contributed by atoms with E-state index in [0.717, 1.165) is 16.9 Å². The van der Waals surface area contributed by atoms with Crippen LogP contribution in [0.3, 0.4) is 0 Å². The average molecular weight is 405 g/mol. The number of hydrogen-bond acceptors (Lipinski definition) is 2. The fraction of sp³-hybridized carbons (Fsp3) is 0.286. The largest absolute Gasteiger partial charge is 0.476 e. The summed E-state index contributed by atoms with van der Waals surface area (Å²) < 4.78 is 2.34. The van der Waals surface area contributed by atoms with Gasteiger partial charge in [-0.05, 0) is 53.1 Å². The Kier molecular flexibility index (Phi) is 4.39. The lowest BCUT2D eigenvalue weighted by atomic mass is 10.1. The van der Waals surface area contributed by atoms with Crippen LogP contribution in [-0.2, 0) is 0 Å². The highest BCUT2D eigenvalue weighted by molar-refractivity contribution is 14.1. The van der Waals surface area contributed by atoms with Gasteiger partial charge < -0.3 is 5.11 Å². The fourth-order valence-corrected chi connectivity index (χ4v) is 3.32. The van der Waals surface area contributed by atoms with Crippen molar-refractivity contribution in [2.24, 2.45) is 0 Å². The van der Waals surface area contributed by atoms with Crippen molar-refractivity contribution in [3.05, 3.63) is 43.7 Å². The number of benzene rings is 1. The predicted octanol–water partition coefficient (Wildman–Crippen LogP) is 4.26. The molecule has 106 valence electrons. The van der Waals surface area contributed by atoms with Gasteiger partial charge in [0.25, 0.3) is 0 Å². The van der Waals surface area contributed by atoms with Gasteiger partial charge >= 0.3 is 5.97 Å². The molecule has 0 fully saturated rings. The Hall–Kier alpha value is -1.08. The van der Waals surface area contributed by atoms with E-state index in [1.54, 1.807) is 10.7 Å². The molecule has 0 aliphatic heterocycles. The Morgan fingerprint density at radius 2 is 2.10 bits per heavy atom. The van der Waals surface area contributed by atoms with Crippen LogP contribution in [0, 0.1) is 10.5 Å². The first-order valence-corrected chi connectivity index (χ1v) is 7.56. The number of carboxylic acids is 1. The highest BCUT2D eigenvalue weighted by atomic mass is 127. The second-order valence-electron chi connectivity index (χ2n) is 4.85. The quantitative estimate of drug-likeness (QED) is 0.778. The Balaban J connectivity index is 2.69. The zero-order chi connectivity index (χ0) is 15.0. The fourth-order valence-electron chi connectivity index (χ4n) is 1.96. The van der Waals surface area contributed by atoms with Crippen LogP contribution in [0.15, 0.2) is 18.2 Å². The van der Waals surface area contributed by atoms with Crippen LogP contribution in [0.5, 0.6) is 0 Å². The van der Waals surface area contributed by atoms with Gasteiger partial charge in [-0.3, -0.25) is 0 Å². The molecule has 0 radical (unpaired) electrons. The molecular formula is C14H14ClIN2O2. The molecule has 0 unspecified atom stereocenters. The van der Waals surface area contributed by atoms with Crippen LogP contribution in [0.4, 0.5) is 0 Å². The van der Waals surface area contributed by atoms with Gasteiger partial charge in [0.05, 0.1) is 15.0 Å². The summed E-state index contributed by atoms with van der Waals surface area (Å²) in [6.45, 7) is 5.94. The standard InChI is InChI=1S/C14H14ClIN2O2/c1-7(2)13-11(16)12(14(19)20)17-18(13)9-5-4-8(3)10(15)6-9/h4-7H,1-3H3,(H,19,20). The first-order valence-electron chi connectivity index (χ1n) is 6.11. The SMILES string of the molecule is Cc1ccc(-n2nc(C(=O)O)c(I)c2C(C)C)cc1Cl. The summed E-state index contributed by atoms with van der Waals surface area (Å²) in [5, 5.41) is 14.1. The van der Waals surface area contributed by atoms with Gasteiger partial charge in [0.15, 0.2) is 5.69 Å². The van der Waals surface area contributed by atoms with Crippen molar-refractivity contribution < 1.29 is 9.90 Å². The minimum Gasteiger partial charge on any atom is -0.476 e. The van der Waals surface area contributed by atoms with Crippen LogP contribution in [0.25, 0.3) is 5.69 Å². The highest BCUT2D eigenvalue weighted by Crippen LogP contribution is 2.28. The summed E-state index contributed by atoms with van der Waals surface area (Å²) in [6.07, 6.45) is 0. The first-order chi connectivity index (χ1) is 9.32. The lowest BCUT2D eigenvalue weighted by Crippen LogP contribution is -2.05. The maximum atomic E-state index is 11.3. The molecule has 0 saturated carbocycles. The number of nitrogens with zero attached hydrogens (tertiary/aromatic N) is 2. The van der Waals surface area contributed by atoms with Crippen LogP contribution in [0.1, 0.15) is 41.5 Å². The number of carboxylic acid groups (broad SMARTS) is 1. The lowest BCUT2D eigenvalue weighted by molar-refractivity contribution is 0.0689. The van der Waals surface area contributed by atoms with Crippen LogP contribution in [0.2, 0.25) is 5.02 Å². The minimum absolute atomic E-state index is 0.0750. The van der Waals surface area contributed by atoms with Crippen molar-refractivity contribution in [3.8, 4) is 5.69 Å². The zero-order valence-electron chi connectivity index (χ0n) is 11.3. The molecule has 1 heterocycles. The Morgan fingerprint density at radius 1 is 1.45 bits per heavy atom. The zero-order valence-corrected chi connectivity index (χ0v) is 14.2. The first kappa shape index (κ1) is 15.3. The number of aromatic nitrogens is 2. The molecule has 20 heavy (non-hydrogen) atoms. The summed E-state index contributed by atoms with van der Waals surface area (Å²) in [5.74, 6) is -0.865. The molecule has 1 N–H and O–H groups in total. The van der Waals surface area contributed by atoms with E-state index in [0.29, 0.717) is 8.59 Å². The predicted molar refractivity (Wildman–Crippen MR) is 87.1 cm³/mol. The minimum atomic E-state index is -1.02. The summed E-state index contributed by atoms with van der Waals surface area (Å²) in [4.78, 5) is 11.3. The molecule has 2 rings (SSSR count). The summed E-state index contributed by atoms with van der Waals surface area (Å²) in [6, 6.07) is 5.59. The van der Waals surface area contributed by atoms with Gasteiger partial charge in [-0.2, -0.15) is 5.10 Å². The van der Waals surface area contributed by atoms with Gasteiger partial charge in [0, 0.05) is 5.02 Å². The molecule has 1 aromatic heterocycles. The monoisotopic (exact) mass is 404 g/mol. The molecule has 4 nitrogen and oxygen atoms in total. The molecule has 0 aliphatic rings. The highest BCUT2D eigenvalue weighted by Gasteiger charge is 2.23. The van der Waals surface area contributed by atoms with E-state index >= 15 is 0 Å².